The second kappa shape index (κ2) is 16.0. The summed E-state index contributed by atoms with van der Waals surface area (Å²) in [5.74, 6) is 1.90. The highest BCUT2D eigenvalue weighted by molar-refractivity contribution is 5.96. The SMILES string of the molecule is CCC(C)COc1ccc(CCN(C(=O)O)C(=O)[C@@H]2Cc3ccc(Oc4ccc(C(C)(C)C)cc4)cc3CN2C(=O)OCC(C)C)cc1. The Bertz CT molecular complexity index is 1540. The van der Waals surface area contributed by atoms with Gasteiger partial charge in [0.05, 0.1) is 19.8 Å². The number of hydrogen-bond donors (Lipinski definition) is 1. The number of imide groups is 1. The van der Waals surface area contributed by atoms with E-state index in [0.29, 0.717) is 30.4 Å². The van der Waals surface area contributed by atoms with Crippen LogP contribution in [0.4, 0.5) is 9.59 Å². The van der Waals surface area contributed by atoms with Gasteiger partial charge < -0.3 is 19.3 Å². The Morgan fingerprint density at radius 1 is 0.896 bits per heavy atom. The maximum atomic E-state index is 13.9. The van der Waals surface area contributed by atoms with Gasteiger partial charge >= 0.3 is 12.2 Å². The quantitative estimate of drug-likeness (QED) is 0.208. The lowest BCUT2D eigenvalue weighted by Gasteiger charge is -2.37. The van der Waals surface area contributed by atoms with Crippen molar-refractivity contribution in [1.82, 2.24) is 9.80 Å². The van der Waals surface area contributed by atoms with Crippen LogP contribution >= 0.6 is 0 Å². The lowest BCUT2D eigenvalue weighted by Crippen LogP contribution is -2.55. The molecule has 0 fully saturated rings. The number of amides is 3. The van der Waals surface area contributed by atoms with Crippen molar-refractivity contribution in [3.8, 4) is 17.2 Å². The second-order valence-corrected chi connectivity index (χ2v) is 14.1. The van der Waals surface area contributed by atoms with E-state index >= 15 is 0 Å². The van der Waals surface area contributed by atoms with Crippen molar-refractivity contribution in [3.63, 3.8) is 0 Å². The van der Waals surface area contributed by atoms with Crippen LogP contribution in [0.1, 0.15) is 77.1 Å². The first-order valence-electron chi connectivity index (χ1n) is 16.8. The number of benzene rings is 3. The number of rotatable bonds is 12. The number of carbonyl (C=O) groups excluding carboxylic acids is 2. The van der Waals surface area contributed by atoms with Crippen molar-refractivity contribution in [2.24, 2.45) is 11.8 Å². The minimum Gasteiger partial charge on any atom is -0.493 e. The van der Waals surface area contributed by atoms with Crippen LogP contribution < -0.4 is 9.47 Å². The van der Waals surface area contributed by atoms with E-state index in [1.165, 1.54) is 10.5 Å². The fraction of sp³-hybridized carbons (Fsp3) is 0.462. The van der Waals surface area contributed by atoms with Crippen LogP contribution in [0.3, 0.4) is 0 Å². The average Bonchev–Trinajstić information content (AvgIpc) is 3.05. The van der Waals surface area contributed by atoms with Gasteiger partial charge in [-0.2, -0.15) is 0 Å². The van der Waals surface area contributed by atoms with Gasteiger partial charge in [-0.3, -0.25) is 9.69 Å². The average molecular weight is 659 g/mol. The molecule has 9 nitrogen and oxygen atoms in total. The smallest absolute Gasteiger partial charge is 0.414 e. The molecule has 1 N–H and O–H groups in total. The van der Waals surface area contributed by atoms with Crippen LogP contribution in [0, 0.1) is 11.8 Å². The van der Waals surface area contributed by atoms with Crippen molar-refractivity contribution in [2.45, 2.75) is 85.7 Å². The highest BCUT2D eigenvalue weighted by Gasteiger charge is 2.39. The standard InChI is InChI=1S/C39H50N2O7/c1-8-27(4)25-46-32-14-9-28(10-15-32)19-20-40(37(43)44)36(42)35-22-29-11-16-34(48-33-17-12-31(13-18-33)39(5,6)7)21-30(29)23-41(35)38(45)47-24-26(2)3/h9-18,21,26-27,35H,8,19-20,22-25H2,1-7H3,(H,43,44)/t27?,35-/m0/s1. The number of fused-ring (bicyclic) bond motifs is 1. The van der Waals surface area contributed by atoms with Gasteiger partial charge in [0.1, 0.15) is 23.3 Å². The Morgan fingerprint density at radius 3 is 2.15 bits per heavy atom. The first-order chi connectivity index (χ1) is 22.7. The summed E-state index contributed by atoms with van der Waals surface area (Å²) < 4.78 is 17.5. The molecule has 3 aromatic carbocycles. The highest BCUT2D eigenvalue weighted by atomic mass is 16.6. The van der Waals surface area contributed by atoms with Crippen LogP contribution in [-0.2, 0) is 34.3 Å². The molecule has 3 amide bonds. The zero-order valence-electron chi connectivity index (χ0n) is 29.3. The summed E-state index contributed by atoms with van der Waals surface area (Å²) in [4.78, 5) is 41.8. The first kappa shape index (κ1) is 36.3. The summed E-state index contributed by atoms with van der Waals surface area (Å²) in [6.07, 6.45) is -0.523. The van der Waals surface area contributed by atoms with Crippen molar-refractivity contribution in [3.05, 3.63) is 89.0 Å². The van der Waals surface area contributed by atoms with Crippen LogP contribution in [-0.4, -0.2) is 58.8 Å². The molecule has 0 radical (unpaired) electrons. The van der Waals surface area contributed by atoms with Gasteiger partial charge in [-0.25, -0.2) is 14.5 Å². The highest BCUT2D eigenvalue weighted by Crippen LogP contribution is 2.32. The summed E-state index contributed by atoms with van der Waals surface area (Å²) in [7, 11) is 0. The number of ether oxygens (including phenoxy) is 3. The largest absolute Gasteiger partial charge is 0.493 e. The molecule has 258 valence electrons. The lowest BCUT2D eigenvalue weighted by atomic mass is 9.87. The van der Waals surface area contributed by atoms with Crippen LogP contribution in [0.25, 0.3) is 0 Å². The van der Waals surface area contributed by atoms with E-state index in [1.807, 2.05) is 80.6 Å². The monoisotopic (exact) mass is 658 g/mol. The Kier molecular flexibility index (Phi) is 12.1. The number of carbonyl (C=O) groups is 3. The number of nitrogens with zero attached hydrogens (tertiary/aromatic N) is 2. The van der Waals surface area contributed by atoms with Gasteiger partial charge in [-0.05, 0) is 82.3 Å². The Morgan fingerprint density at radius 2 is 1.54 bits per heavy atom. The van der Waals surface area contributed by atoms with Gasteiger partial charge in [-0.1, -0.05) is 85.2 Å². The van der Waals surface area contributed by atoms with Gasteiger partial charge in [0.2, 0.25) is 0 Å². The first-order valence-corrected chi connectivity index (χ1v) is 16.8. The molecule has 9 heteroatoms. The topological polar surface area (TPSA) is 106 Å². The Hall–Kier alpha value is -4.53. The maximum absolute atomic E-state index is 13.9. The fourth-order valence-corrected chi connectivity index (χ4v) is 5.35. The summed E-state index contributed by atoms with van der Waals surface area (Å²) >= 11 is 0. The zero-order chi connectivity index (χ0) is 35.0. The summed E-state index contributed by atoms with van der Waals surface area (Å²) in [6.45, 7) is 15.4. The molecule has 2 atom stereocenters. The van der Waals surface area contributed by atoms with E-state index in [9.17, 15) is 19.5 Å². The van der Waals surface area contributed by atoms with Crippen molar-refractivity contribution in [2.75, 3.05) is 19.8 Å². The predicted molar refractivity (Wildman–Crippen MR) is 186 cm³/mol. The molecule has 3 aromatic rings. The van der Waals surface area contributed by atoms with E-state index in [2.05, 4.69) is 34.6 Å². The van der Waals surface area contributed by atoms with Gasteiger partial charge in [-0.15, -0.1) is 0 Å². The minimum absolute atomic E-state index is 0.0236. The van der Waals surface area contributed by atoms with Crippen molar-refractivity contribution >= 4 is 18.1 Å². The molecule has 1 aliphatic rings. The van der Waals surface area contributed by atoms with Crippen molar-refractivity contribution in [1.29, 1.82) is 0 Å². The maximum Gasteiger partial charge on any atom is 0.414 e. The van der Waals surface area contributed by atoms with Crippen LogP contribution in [0.15, 0.2) is 66.7 Å². The third kappa shape index (κ3) is 9.75. The molecule has 0 spiro atoms. The van der Waals surface area contributed by atoms with Crippen molar-refractivity contribution < 1.29 is 33.7 Å². The van der Waals surface area contributed by atoms with E-state index in [0.717, 1.165) is 33.8 Å². The Balaban J connectivity index is 1.51. The molecule has 48 heavy (non-hydrogen) atoms. The lowest BCUT2D eigenvalue weighted by molar-refractivity contribution is -0.135. The van der Waals surface area contributed by atoms with E-state index in [-0.39, 0.29) is 37.5 Å². The molecule has 0 bridgehead atoms. The normalized spacial score (nSPS) is 15.0. The zero-order valence-corrected chi connectivity index (χ0v) is 29.3. The number of carboxylic acid groups (broad SMARTS) is 1. The fourth-order valence-electron chi connectivity index (χ4n) is 5.35. The molecule has 0 aliphatic carbocycles. The third-order valence-electron chi connectivity index (χ3n) is 8.60. The molecule has 1 unspecified atom stereocenters. The predicted octanol–water partition coefficient (Wildman–Crippen LogP) is 8.47. The molecule has 0 aromatic heterocycles. The molecular weight excluding hydrogens is 608 g/mol. The molecule has 1 heterocycles. The molecule has 0 saturated carbocycles. The Labute approximate surface area is 284 Å². The minimum atomic E-state index is -1.36. The van der Waals surface area contributed by atoms with Gasteiger partial charge in [0.25, 0.3) is 5.91 Å². The van der Waals surface area contributed by atoms with Crippen LogP contribution in [0.2, 0.25) is 0 Å². The summed E-state index contributed by atoms with van der Waals surface area (Å²) in [5, 5.41) is 10.1. The van der Waals surface area contributed by atoms with E-state index < -0.39 is 24.1 Å². The van der Waals surface area contributed by atoms with Gasteiger partial charge in [0.15, 0.2) is 0 Å². The molecule has 1 aliphatic heterocycles. The molecule has 4 rings (SSSR count). The molecule has 0 saturated heterocycles. The van der Waals surface area contributed by atoms with E-state index in [4.69, 9.17) is 14.2 Å². The summed E-state index contributed by atoms with van der Waals surface area (Å²) in [6, 6.07) is 19.9. The summed E-state index contributed by atoms with van der Waals surface area (Å²) in [5.41, 5.74) is 3.74. The second-order valence-electron chi connectivity index (χ2n) is 14.1. The third-order valence-corrected chi connectivity index (χ3v) is 8.60. The van der Waals surface area contributed by atoms with Crippen LogP contribution in [0.5, 0.6) is 17.2 Å². The molecular formula is C39H50N2O7. The van der Waals surface area contributed by atoms with Gasteiger partial charge in [0, 0.05) is 13.0 Å². The van der Waals surface area contributed by atoms with E-state index in [1.54, 1.807) is 0 Å². The number of hydrogen-bond acceptors (Lipinski definition) is 6.